The second kappa shape index (κ2) is 11.0. The van der Waals surface area contributed by atoms with E-state index in [-0.39, 0.29) is 24.4 Å². The van der Waals surface area contributed by atoms with Crippen molar-refractivity contribution in [1.29, 1.82) is 0 Å². The van der Waals surface area contributed by atoms with Crippen molar-refractivity contribution in [3.63, 3.8) is 0 Å². The molecule has 8 heteroatoms. The number of benzene rings is 1. The molecule has 0 bridgehead atoms. The summed E-state index contributed by atoms with van der Waals surface area (Å²) in [5.41, 5.74) is 2.20. The first-order valence-electron chi connectivity index (χ1n) is 10.9. The zero-order valence-corrected chi connectivity index (χ0v) is 20.5. The second-order valence-electron chi connectivity index (χ2n) is 7.93. The van der Waals surface area contributed by atoms with Crippen molar-refractivity contribution in [1.82, 2.24) is 9.80 Å². The number of hydrogen-bond acceptors (Lipinski definition) is 6. The van der Waals surface area contributed by atoms with Crippen LogP contribution < -0.4 is 4.74 Å². The molecule has 0 saturated carbocycles. The highest BCUT2D eigenvalue weighted by Gasteiger charge is 2.33. The summed E-state index contributed by atoms with van der Waals surface area (Å²) in [6, 6.07) is 13.4. The van der Waals surface area contributed by atoms with Crippen molar-refractivity contribution >= 4 is 34.5 Å². The number of para-hydroxylation sites is 1. The fourth-order valence-corrected chi connectivity index (χ4v) is 5.64. The molecule has 3 aromatic rings. The Kier molecular flexibility index (Phi) is 7.80. The van der Waals surface area contributed by atoms with Crippen LogP contribution in [0.1, 0.15) is 31.7 Å². The van der Waals surface area contributed by atoms with Gasteiger partial charge in [0, 0.05) is 25.1 Å². The molecule has 1 atom stereocenters. The van der Waals surface area contributed by atoms with Gasteiger partial charge in [-0.1, -0.05) is 24.3 Å². The molecule has 174 valence electrons. The molecule has 0 radical (unpaired) electrons. The molecule has 0 spiro atoms. The molecule has 1 aromatic carbocycles. The minimum absolute atomic E-state index is 0.0143. The van der Waals surface area contributed by atoms with Crippen molar-refractivity contribution in [3.8, 4) is 5.75 Å². The normalized spacial score (nSPS) is 15.2. The molecule has 3 heterocycles. The Labute approximate surface area is 202 Å². The van der Waals surface area contributed by atoms with Crippen LogP contribution in [0.25, 0.3) is 0 Å². The van der Waals surface area contributed by atoms with E-state index >= 15 is 0 Å². The highest BCUT2D eigenvalue weighted by molar-refractivity contribution is 7.12. The first kappa shape index (κ1) is 23.5. The molecular weight excluding hydrogens is 456 g/mol. The predicted molar refractivity (Wildman–Crippen MR) is 131 cm³/mol. The summed E-state index contributed by atoms with van der Waals surface area (Å²) in [5.74, 6) is 0.601. The van der Waals surface area contributed by atoms with Crippen molar-refractivity contribution in [2.45, 2.75) is 19.4 Å². The van der Waals surface area contributed by atoms with Crippen LogP contribution in [0.15, 0.2) is 53.2 Å². The van der Waals surface area contributed by atoms with E-state index in [1.807, 2.05) is 47.5 Å². The summed E-state index contributed by atoms with van der Waals surface area (Å²) >= 11 is 3.10. The summed E-state index contributed by atoms with van der Waals surface area (Å²) in [7, 11) is 1.59. The number of nitrogens with zero attached hydrogens (tertiary/aromatic N) is 2. The van der Waals surface area contributed by atoms with Crippen LogP contribution in [0.3, 0.4) is 0 Å². The number of thiophene rings is 2. The van der Waals surface area contributed by atoms with Crippen molar-refractivity contribution in [3.05, 3.63) is 74.1 Å². The van der Waals surface area contributed by atoms with Gasteiger partial charge in [-0.25, -0.2) is 0 Å². The van der Waals surface area contributed by atoms with E-state index in [9.17, 15) is 9.59 Å². The third kappa shape index (κ3) is 5.46. The zero-order valence-electron chi connectivity index (χ0n) is 18.9. The molecule has 2 amide bonds. The first-order valence-corrected chi connectivity index (χ1v) is 12.7. The molecule has 1 aliphatic heterocycles. The number of fused-ring (bicyclic) bond motifs is 1. The van der Waals surface area contributed by atoms with E-state index in [4.69, 9.17) is 9.47 Å². The number of carbonyl (C=O) groups excluding carboxylic acids is 2. The first-order chi connectivity index (χ1) is 16.1. The number of rotatable bonds is 9. The van der Waals surface area contributed by atoms with Crippen LogP contribution in [0.2, 0.25) is 0 Å². The van der Waals surface area contributed by atoms with Gasteiger partial charge in [0.2, 0.25) is 5.91 Å². The maximum Gasteiger partial charge on any atom is 0.264 e. The molecular formula is C25H28N2O4S2. The van der Waals surface area contributed by atoms with Crippen LogP contribution in [0, 0.1) is 6.92 Å². The highest BCUT2D eigenvalue weighted by Crippen LogP contribution is 2.34. The van der Waals surface area contributed by atoms with E-state index in [0.717, 1.165) is 23.3 Å². The van der Waals surface area contributed by atoms with Crippen molar-refractivity contribution < 1.29 is 19.1 Å². The van der Waals surface area contributed by atoms with Gasteiger partial charge in [0.05, 0.1) is 17.5 Å². The van der Waals surface area contributed by atoms with E-state index in [1.165, 1.54) is 16.2 Å². The maximum atomic E-state index is 13.5. The smallest absolute Gasteiger partial charge is 0.264 e. The van der Waals surface area contributed by atoms with E-state index in [0.29, 0.717) is 31.2 Å². The largest absolute Gasteiger partial charge is 0.491 e. The Balaban J connectivity index is 1.52. The minimum atomic E-state index is -0.187. The molecule has 6 nitrogen and oxygen atoms in total. The number of methoxy groups -OCH3 is 1. The van der Waals surface area contributed by atoms with Crippen molar-refractivity contribution in [2.75, 3.05) is 40.0 Å². The third-order valence-corrected chi connectivity index (χ3v) is 7.67. The second-order valence-corrected chi connectivity index (χ2v) is 9.87. The van der Waals surface area contributed by atoms with Gasteiger partial charge < -0.3 is 19.3 Å². The molecule has 33 heavy (non-hydrogen) atoms. The van der Waals surface area contributed by atoms with Gasteiger partial charge in [0.15, 0.2) is 0 Å². The number of carbonyl (C=O) groups is 2. The Morgan fingerprint density at radius 1 is 1.12 bits per heavy atom. The molecule has 4 rings (SSSR count). The minimum Gasteiger partial charge on any atom is -0.491 e. The summed E-state index contributed by atoms with van der Waals surface area (Å²) in [6.07, 6.45) is 0.816. The predicted octanol–water partition coefficient (Wildman–Crippen LogP) is 4.41. The third-order valence-electron chi connectivity index (χ3n) is 5.82. The topological polar surface area (TPSA) is 59.1 Å². The number of ether oxygens (including phenoxy) is 2. The molecule has 0 fully saturated rings. The maximum absolute atomic E-state index is 13.5. The van der Waals surface area contributed by atoms with E-state index in [1.54, 1.807) is 29.4 Å². The Morgan fingerprint density at radius 3 is 2.73 bits per heavy atom. The zero-order chi connectivity index (χ0) is 23.2. The fraction of sp³-hybridized carbons (Fsp3) is 0.360. The Morgan fingerprint density at radius 2 is 1.97 bits per heavy atom. The molecule has 0 saturated heterocycles. The quantitative estimate of drug-likeness (QED) is 0.451. The Hall–Kier alpha value is -2.68. The molecule has 0 N–H and O–H groups in total. The van der Waals surface area contributed by atoms with Gasteiger partial charge in [-0.05, 0) is 53.4 Å². The molecule has 2 aromatic heterocycles. The average molecular weight is 485 g/mol. The van der Waals surface area contributed by atoms with Crippen LogP contribution >= 0.6 is 22.7 Å². The monoisotopic (exact) mass is 484 g/mol. The molecule has 0 aliphatic carbocycles. The summed E-state index contributed by atoms with van der Waals surface area (Å²) in [6.45, 7) is 3.75. The van der Waals surface area contributed by atoms with Crippen LogP contribution in [0.4, 0.5) is 0 Å². The lowest BCUT2D eigenvalue weighted by molar-refractivity contribution is -0.135. The lowest BCUT2D eigenvalue weighted by atomic mass is 10.0. The molecule has 1 unspecified atom stereocenters. The van der Waals surface area contributed by atoms with Crippen molar-refractivity contribution in [2.24, 2.45) is 0 Å². The molecule has 1 aliphatic rings. The van der Waals surface area contributed by atoms with Gasteiger partial charge in [-0.15, -0.1) is 22.7 Å². The Bertz CT molecular complexity index is 1080. The lowest BCUT2D eigenvalue weighted by Crippen LogP contribution is -2.48. The number of amides is 2. The number of aryl methyl sites for hydroxylation is 1. The summed E-state index contributed by atoms with van der Waals surface area (Å²) in [5, 5.41) is 3.94. The van der Waals surface area contributed by atoms with Crippen LogP contribution in [-0.4, -0.2) is 61.6 Å². The summed E-state index contributed by atoms with van der Waals surface area (Å²) < 4.78 is 11.4. The van der Waals surface area contributed by atoms with Gasteiger partial charge in [-0.2, -0.15) is 0 Å². The average Bonchev–Trinajstić information content (AvgIpc) is 3.52. The number of hydrogen-bond donors (Lipinski definition) is 0. The lowest BCUT2D eigenvalue weighted by Gasteiger charge is -2.37. The van der Waals surface area contributed by atoms with E-state index in [2.05, 4.69) is 11.4 Å². The van der Waals surface area contributed by atoms with Gasteiger partial charge in [0.25, 0.3) is 5.91 Å². The van der Waals surface area contributed by atoms with Gasteiger partial charge in [0.1, 0.15) is 18.9 Å². The van der Waals surface area contributed by atoms with Gasteiger partial charge >= 0.3 is 0 Å². The van der Waals surface area contributed by atoms with Crippen LogP contribution in [0.5, 0.6) is 5.75 Å². The fourth-order valence-electron chi connectivity index (χ4n) is 4.03. The van der Waals surface area contributed by atoms with Gasteiger partial charge in [-0.3, -0.25) is 9.59 Å². The standard InChI is InChI=1S/C25H28N2O4S2/c1-18-6-3-4-7-21(18)31-17-20-19-10-15-33-22(19)9-11-27(20)24(28)16-26(12-13-30-2)25(29)23-8-5-14-32-23/h3-8,10,14-15,20H,9,11-13,16-17H2,1-2H3. The van der Waals surface area contributed by atoms with E-state index < -0.39 is 0 Å². The SMILES string of the molecule is COCCN(CC(=O)N1CCc2sccc2C1COc1ccccc1C)C(=O)c1cccs1. The highest BCUT2D eigenvalue weighted by atomic mass is 32.1. The summed E-state index contributed by atoms with van der Waals surface area (Å²) in [4.78, 5) is 31.9. The van der Waals surface area contributed by atoms with Crippen LogP contribution in [-0.2, 0) is 16.0 Å².